The number of hydrogen-bond acceptors (Lipinski definition) is 6. The van der Waals surface area contributed by atoms with Crippen LogP contribution >= 0.6 is 11.3 Å². The van der Waals surface area contributed by atoms with E-state index in [-0.39, 0.29) is 17.4 Å². The molecule has 3 aliphatic heterocycles. The molecule has 3 saturated heterocycles. The molecule has 5 rings (SSSR count). The molecule has 4 aliphatic rings. The molecule has 1 atom stereocenters. The minimum absolute atomic E-state index is 0.196. The van der Waals surface area contributed by atoms with Gasteiger partial charge in [-0.3, -0.25) is 14.6 Å². The summed E-state index contributed by atoms with van der Waals surface area (Å²) in [5, 5.41) is 2.35. The van der Waals surface area contributed by atoms with Gasteiger partial charge in [0, 0.05) is 50.1 Å². The molecule has 188 valence electrons. The SMILES string of the molecule is CCOC(=O)N1CCN(C(=O)C2CC23CCN(Cc2cc(CN4CCCCC4)cs2)CC3)CC1. The Morgan fingerprint density at radius 1 is 0.941 bits per heavy atom. The van der Waals surface area contributed by atoms with Crippen molar-refractivity contribution >= 4 is 23.3 Å². The second kappa shape index (κ2) is 10.5. The first kappa shape index (κ1) is 24.1. The molecule has 1 aromatic rings. The third-order valence-corrected chi connectivity index (χ3v) is 9.37. The fraction of sp³-hybridized carbons (Fsp3) is 0.769. The topological polar surface area (TPSA) is 56.3 Å². The van der Waals surface area contributed by atoms with E-state index in [0.717, 1.165) is 45.4 Å². The highest BCUT2D eigenvalue weighted by atomic mass is 32.1. The first-order valence-corrected chi connectivity index (χ1v) is 14.2. The molecular formula is C26H40N4O3S. The van der Waals surface area contributed by atoms with Gasteiger partial charge in [-0.2, -0.15) is 0 Å². The molecule has 0 N–H and O–H groups in total. The van der Waals surface area contributed by atoms with Gasteiger partial charge in [0.1, 0.15) is 0 Å². The lowest BCUT2D eigenvalue weighted by Gasteiger charge is -2.36. The molecule has 0 aromatic carbocycles. The van der Waals surface area contributed by atoms with E-state index < -0.39 is 0 Å². The highest BCUT2D eigenvalue weighted by Crippen LogP contribution is 2.60. The summed E-state index contributed by atoms with van der Waals surface area (Å²) in [5.41, 5.74) is 1.71. The number of carbonyl (C=O) groups excluding carboxylic acids is 2. The summed E-state index contributed by atoms with van der Waals surface area (Å²) in [6.45, 7) is 11.5. The number of rotatable bonds is 6. The Hall–Kier alpha value is -1.64. The number of carbonyl (C=O) groups is 2. The summed E-state index contributed by atoms with van der Waals surface area (Å²) in [7, 11) is 0. The molecule has 2 amide bonds. The van der Waals surface area contributed by atoms with Gasteiger partial charge >= 0.3 is 6.09 Å². The molecule has 1 spiro atoms. The Balaban J connectivity index is 1.05. The summed E-state index contributed by atoms with van der Waals surface area (Å²) in [5.74, 6) is 0.513. The van der Waals surface area contributed by atoms with E-state index in [2.05, 4.69) is 21.2 Å². The quantitative estimate of drug-likeness (QED) is 0.612. The molecule has 1 saturated carbocycles. The molecule has 0 bridgehead atoms. The lowest BCUT2D eigenvalue weighted by atomic mass is 9.90. The summed E-state index contributed by atoms with van der Waals surface area (Å²) >= 11 is 1.91. The van der Waals surface area contributed by atoms with E-state index in [1.54, 1.807) is 4.90 Å². The van der Waals surface area contributed by atoms with Crippen molar-refractivity contribution in [3.05, 3.63) is 21.9 Å². The fourth-order valence-corrected chi connectivity index (χ4v) is 7.06. The van der Waals surface area contributed by atoms with E-state index >= 15 is 0 Å². The van der Waals surface area contributed by atoms with Crippen molar-refractivity contribution in [2.75, 3.05) is 59.0 Å². The summed E-state index contributed by atoms with van der Waals surface area (Å²) < 4.78 is 5.09. The van der Waals surface area contributed by atoms with Crippen LogP contribution in [0, 0.1) is 11.3 Å². The third kappa shape index (κ3) is 5.44. The number of thiophene rings is 1. The maximum absolute atomic E-state index is 13.2. The van der Waals surface area contributed by atoms with Crippen LogP contribution in [0.2, 0.25) is 0 Å². The molecule has 0 radical (unpaired) electrons. The Bertz CT molecular complexity index is 852. The van der Waals surface area contributed by atoms with Crippen LogP contribution in [0.25, 0.3) is 0 Å². The summed E-state index contributed by atoms with van der Waals surface area (Å²) in [6, 6.07) is 2.42. The van der Waals surface area contributed by atoms with Crippen LogP contribution in [-0.4, -0.2) is 90.6 Å². The lowest BCUT2D eigenvalue weighted by molar-refractivity contribution is -0.135. The van der Waals surface area contributed by atoms with Crippen LogP contribution in [0.1, 0.15) is 55.9 Å². The van der Waals surface area contributed by atoms with Gasteiger partial charge in [0.05, 0.1) is 6.61 Å². The number of piperazine rings is 1. The van der Waals surface area contributed by atoms with Gasteiger partial charge in [0.25, 0.3) is 0 Å². The van der Waals surface area contributed by atoms with Crippen molar-refractivity contribution in [2.24, 2.45) is 11.3 Å². The third-order valence-electron chi connectivity index (χ3n) is 8.40. The first-order chi connectivity index (χ1) is 16.6. The lowest BCUT2D eigenvalue weighted by Crippen LogP contribution is -2.51. The average Bonchev–Trinajstić information content (AvgIpc) is 3.39. The Morgan fingerprint density at radius 2 is 1.62 bits per heavy atom. The maximum Gasteiger partial charge on any atom is 0.409 e. The highest BCUT2D eigenvalue weighted by molar-refractivity contribution is 7.10. The Labute approximate surface area is 208 Å². The van der Waals surface area contributed by atoms with Gasteiger partial charge in [0.2, 0.25) is 5.91 Å². The monoisotopic (exact) mass is 488 g/mol. The molecule has 34 heavy (non-hydrogen) atoms. The van der Waals surface area contributed by atoms with Crippen LogP contribution in [0.15, 0.2) is 11.4 Å². The molecular weight excluding hydrogens is 448 g/mol. The van der Waals surface area contributed by atoms with Gasteiger partial charge in [-0.1, -0.05) is 6.42 Å². The van der Waals surface area contributed by atoms with Gasteiger partial charge < -0.3 is 14.5 Å². The zero-order chi connectivity index (χ0) is 23.5. The first-order valence-electron chi connectivity index (χ1n) is 13.3. The number of likely N-dealkylation sites (tertiary alicyclic amines) is 2. The molecule has 1 aliphatic carbocycles. The van der Waals surface area contributed by atoms with Crippen molar-refractivity contribution in [3.63, 3.8) is 0 Å². The van der Waals surface area contributed by atoms with Crippen LogP contribution < -0.4 is 0 Å². The van der Waals surface area contributed by atoms with E-state index in [1.165, 1.54) is 42.8 Å². The van der Waals surface area contributed by atoms with Crippen molar-refractivity contribution in [1.29, 1.82) is 0 Å². The molecule has 4 fully saturated rings. The normalized spacial score (nSPS) is 25.5. The molecule has 8 heteroatoms. The van der Waals surface area contributed by atoms with Crippen molar-refractivity contribution < 1.29 is 14.3 Å². The number of ether oxygens (including phenoxy) is 1. The zero-order valence-corrected chi connectivity index (χ0v) is 21.5. The highest BCUT2D eigenvalue weighted by Gasteiger charge is 2.59. The van der Waals surface area contributed by atoms with Crippen molar-refractivity contribution in [2.45, 2.75) is 58.5 Å². The predicted octanol–water partition coefficient (Wildman–Crippen LogP) is 3.64. The summed E-state index contributed by atoms with van der Waals surface area (Å²) in [6.07, 6.45) is 7.15. The largest absolute Gasteiger partial charge is 0.450 e. The van der Waals surface area contributed by atoms with Gasteiger partial charge in [-0.05, 0) is 87.6 Å². The second-order valence-electron chi connectivity index (χ2n) is 10.7. The maximum atomic E-state index is 13.2. The van der Waals surface area contributed by atoms with E-state index in [9.17, 15) is 9.59 Å². The minimum Gasteiger partial charge on any atom is -0.450 e. The van der Waals surface area contributed by atoms with Crippen LogP contribution in [-0.2, 0) is 22.6 Å². The predicted molar refractivity (Wildman–Crippen MR) is 134 cm³/mol. The second-order valence-corrected chi connectivity index (χ2v) is 11.7. The van der Waals surface area contributed by atoms with E-state index in [1.807, 2.05) is 23.2 Å². The summed E-state index contributed by atoms with van der Waals surface area (Å²) in [4.78, 5) is 35.4. The van der Waals surface area contributed by atoms with Crippen LogP contribution in [0.5, 0.6) is 0 Å². The van der Waals surface area contributed by atoms with Crippen LogP contribution in [0.3, 0.4) is 0 Å². The van der Waals surface area contributed by atoms with Crippen molar-refractivity contribution in [1.82, 2.24) is 19.6 Å². The molecule has 1 aromatic heterocycles. The fourth-order valence-electron chi connectivity index (χ4n) is 6.14. The standard InChI is InChI=1S/C26H40N4O3S/c1-2-33-25(32)30-14-12-29(13-15-30)24(31)23-17-26(23)6-10-28(11-7-26)19-22-16-21(20-34-22)18-27-8-4-3-5-9-27/h16,20,23H,2-15,17-19H2,1H3. The smallest absolute Gasteiger partial charge is 0.409 e. The number of hydrogen-bond donors (Lipinski definition) is 0. The van der Waals surface area contributed by atoms with E-state index in [4.69, 9.17) is 4.74 Å². The molecule has 7 nitrogen and oxygen atoms in total. The molecule has 1 unspecified atom stereocenters. The Morgan fingerprint density at radius 3 is 2.32 bits per heavy atom. The number of piperidine rings is 2. The van der Waals surface area contributed by atoms with Gasteiger partial charge in [-0.15, -0.1) is 11.3 Å². The van der Waals surface area contributed by atoms with Crippen molar-refractivity contribution in [3.8, 4) is 0 Å². The number of nitrogens with zero attached hydrogens (tertiary/aromatic N) is 4. The van der Waals surface area contributed by atoms with E-state index in [0.29, 0.717) is 38.7 Å². The van der Waals surface area contributed by atoms with Gasteiger partial charge in [0.15, 0.2) is 0 Å². The Kier molecular flexibility index (Phi) is 7.46. The number of amides is 2. The van der Waals surface area contributed by atoms with Gasteiger partial charge in [-0.25, -0.2) is 4.79 Å². The minimum atomic E-state index is -0.255. The zero-order valence-electron chi connectivity index (χ0n) is 20.7. The average molecular weight is 489 g/mol. The van der Waals surface area contributed by atoms with Crippen LogP contribution in [0.4, 0.5) is 4.79 Å². The molecule has 4 heterocycles.